The molecule has 0 unspecified atom stereocenters. The lowest BCUT2D eigenvalue weighted by molar-refractivity contribution is 0.103. The summed E-state index contributed by atoms with van der Waals surface area (Å²) in [7, 11) is 0. The molecule has 0 aromatic carbocycles. The molecule has 1 amide bonds. The van der Waals surface area contributed by atoms with Crippen LogP contribution in [0.2, 0.25) is 0 Å². The molecule has 0 bridgehead atoms. The second-order valence-electron chi connectivity index (χ2n) is 3.89. The molecule has 3 rings (SSSR count). The summed E-state index contributed by atoms with van der Waals surface area (Å²) < 4.78 is 0. The molecule has 0 aliphatic carbocycles. The first-order valence-corrected chi connectivity index (χ1v) is 6.34. The van der Waals surface area contributed by atoms with Crippen molar-refractivity contribution in [3.63, 3.8) is 0 Å². The Bertz CT molecular complexity index is 532. The van der Waals surface area contributed by atoms with Crippen molar-refractivity contribution in [3.8, 4) is 0 Å². The predicted octanol–water partition coefficient (Wildman–Crippen LogP) is 1.37. The number of nitrogens with zero attached hydrogens (tertiary/aromatic N) is 1. The number of fused-ring (bicyclic) bond motifs is 1. The van der Waals surface area contributed by atoms with Gasteiger partial charge in [0, 0.05) is 30.8 Å². The van der Waals surface area contributed by atoms with Crippen molar-refractivity contribution in [2.45, 2.75) is 13.0 Å². The van der Waals surface area contributed by atoms with E-state index in [0.29, 0.717) is 10.7 Å². The molecule has 0 spiro atoms. The summed E-state index contributed by atoms with van der Waals surface area (Å²) >= 11 is 1.42. The van der Waals surface area contributed by atoms with Gasteiger partial charge in [0.1, 0.15) is 0 Å². The molecule has 3 N–H and O–H groups in total. The van der Waals surface area contributed by atoms with Gasteiger partial charge in [0.25, 0.3) is 5.91 Å². The Labute approximate surface area is 102 Å². The molecule has 3 heterocycles. The van der Waals surface area contributed by atoms with Gasteiger partial charge >= 0.3 is 0 Å². The van der Waals surface area contributed by atoms with Crippen LogP contribution in [0.25, 0.3) is 0 Å². The van der Waals surface area contributed by atoms with E-state index in [-0.39, 0.29) is 5.91 Å². The van der Waals surface area contributed by atoms with Crippen molar-refractivity contribution in [2.24, 2.45) is 0 Å². The lowest BCUT2D eigenvalue weighted by atomic mass is 10.1. The molecule has 6 heteroatoms. The van der Waals surface area contributed by atoms with E-state index in [0.717, 1.165) is 30.8 Å². The van der Waals surface area contributed by atoms with Crippen LogP contribution in [0.15, 0.2) is 17.5 Å². The Kier molecular flexibility index (Phi) is 2.66. The molecular weight excluding hydrogens is 236 g/mol. The van der Waals surface area contributed by atoms with E-state index in [1.807, 2.05) is 11.4 Å². The normalized spacial score (nSPS) is 14.4. The van der Waals surface area contributed by atoms with E-state index in [1.54, 1.807) is 6.07 Å². The second kappa shape index (κ2) is 4.31. The summed E-state index contributed by atoms with van der Waals surface area (Å²) in [6.45, 7) is 1.71. The summed E-state index contributed by atoms with van der Waals surface area (Å²) in [5.74, 6) is 0.547. The molecule has 2 aromatic heterocycles. The highest BCUT2D eigenvalue weighted by Gasteiger charge is 2.18. The highest BCUT2D eigenvalue weighted by Crippen LogP contribution is 2.20. The van der Waals surface area contributed by atoms with Crippen LogP contribution in [0.5, 0.6) is 0 Å². The zero-order valence-electron chi connectivity index (χ0n) is 9.12. The van der Waals surface area contributed by atoms with Gasteiger partial charge in [-0.05, 0) is 11.4 Å². The highest BCUT2D eigenvalue weighted by atomic mass is 32.1. The zero-order valence-corrected chi connectivity index (χ0v) is 9.93. The summed E-state index contributed by atoms with van der Waals surface area (Å²) in [4.78, 5) is 12.6. The number of rotatable bonds is 2. The lowest BCUT2D eigenvalue weighted by Gasteiger charge is -2.12. The fraction of sp³-hybridized carbons (Fsp3) is 0.273. The molecule has 0 atom stereocenters. The maximum Gasteiger partial charge on any atom is 0.266 e. The van der Waals surface area contributed by atoms with Gasteiger partial charge in [0.2, 0.25) is 0 Å². The number of H-pyrrole nitrogens is 1. The quantitative estimate of drug-likeness (QED) is 0.751. The smallest absolute Gasteiger partial charge is 0.266 e. The standard InChI is InChI=1S/C11H12N4OS/c16-11(9-2-1-5-17-9)13-10-7-6-12-4-3-8(7)14-15-10/h1-2,5,12H,3-4,6H2,(H2,13,14,15,16). The van der Waals surface area contributed by atoms with E-state index in [1.165, 1.54) is 11.3 Å². The number of carbonyl (C=O) groups is 1. The van der Waals surface area contributed by atoms with Crippen molar-refractivity contribution < 1.29 is 4.79 Å². The number of carbonyl (C=O) groups excluding carboxylic acids is 1. The fourth-order valence-electron chi connectivity index (χ4n) is 1.91. The van der Waals surface area contributed by atoms with Crippen LogP contribution in [-0.2, 0) is 13.0 Å². The van der Waals surface area contributed by atoms with E-state index in [4.69, 9.17) is 0 Å². The molecule has 1 aliphatic rings. The highest BCUT2D eigenvalue weighted by molar-refractivity contribution is 7.12. The average Bonchev–Trinajstić information content (AvgIpc) is 2.98. The summed E-state index contributed by atoms with van der Waals surface area (Å²) in [5.41, 5.74) is 2.19. The number of anilines is 1. The Balaban J connectivity index is 1.81. The molecule has 17 heavy (non-hydrogen) atoms. The number of aromatic amines is 1. The van der Waals surface area contributed by atoms with Gasteiger partial charge in [0.05, 0.1) is 4.88 Å². The van der Waals surface area contributed by atoms with E-state index < -0.39 is 0 Å². The summed E-state index contributed by atoms with van der Waals surface area (Å²) in [6, 6.07) is 3.67. The molecule has 88 valence electrons. The largest absolute Gasteiger partial charge is 0.312 e. The van der Waals surface area contributed by atoms with Crippen LogP contribution in [0.3, 0.4) is 0 Å². The minimum Gasteiger partial charge on any atom is -0.312 e. The maximum absolute atomic E-state index is 11.9. The second-order valence-corrected chi connectivity index (χ2v) is 4.84. The van der Waals surface area contributed by atoms with Gasteiger partial charge in [-0.3, -0.25) is 9.89 Å². The van der Waals surface area contributed by atoms with Crippen LogP contribution in [0.4, 0.5) is 5.82 Å². The van der Waals surface area contributed by atoms with Crippen molar-refractivity contribution in [2.75, 3.05) is 11.9 Å². The lowest BCUT2D eigenvalue weighted by Crippen LogP contribution is -2.24. The third-order valence-electron chi connectivity index (χ3n) is 2.78. The van der Waals surface area contributed by atoms with Crippen molar-refractivity contribution >= 4 is 23.1 Å². The number of amides is 1. The van der Waals surface area contributed by atoms with Crippen LogP contribution in [-0.4, -0.2) is 22.6 Å². The number of hydrogen-bond donors (Lipinski definition) is 3. The first-order valence-electron chi connectivity index (χ1n) is 5.46. The molecule has 0 saturated carbocycles. The Morgan fingerprint density at radius 2 is 2.47 bits per heavy atom. The van der Waals surface area contributed by atoms with Gasteiger partial charge in [-0.25, -0.2) is 0 Å². The summed E-state index contributed by atoms with van der Waals surface area (Å²) in [6.07, 6.45) is 0.928. The Morgan fingerprint density at radius 1 is 1.53 bits per heavy atom. The molecular formula is C11H12N4OS. The molecule has 0 fully saturated rings. The minimum atomic E-state index is -0.0973. The number of nitrogens with one attached hydrogen (secondary N) is 3. The molecule has 5 nitrogen and oxygen atoms in total. The van der Waals surface area contributed by atoms with E-state index >= 15 is 0 Å². The van der Waals surface area contributed by atoms with Crippen LogP contribution >= 0.6 is 11.3 Å². The van der Waals surface area contributed by atoms with Crippen LogP contribution in [0.1, 0.15) is 20.9 Å². The first kappa shape index (κ1) is 10.5. The fourth-order valence-corrected chi connectivity index (χ4v) is 2.52. The van der Waals surface area contributed by atoms with Gasteiger partial charge in [-0.2, -0.15) is 5.10 Å². The number of aromatic nitrogens is 2. The van der Waals surface area contributed by atoms with E-state index in [9.17, 15) is 4.79 Å². The SMILES string of the molecule is O=C(Nc1n[nH]c2c1CNCC2)c1cccs1. The van der Waals surface area contributed by atoms with E-state index in [2.05, 4.69) is 20.8 Å². The number of hydrogen-bond acceptors (Lipinski definition) is 4. The predicted molar refractivity (Wildman–Crippen MR) is 66.3 cm³/mol. The minimum absolute atomic E-state index is 0.0973. The molecule has 0 saturated heterocycles. The number of thiophene rings is 1. The average molecular weight is 248 g/mol. The van der Waals surface area contributed by atoms with Crippen molar-refractivity contribution in [1.82, 2.24) is 15.5 Å². The third-order valence-corrected chi connectivity index (χ3v) is 3.65. The maximum atomic E-state index is 11.9. The third kappa shape index (κ3) is 1.96. The van der Waals surface area contributed by atoms with Gasteiger partial charge in [-0.15, -0.1) is 11.3 Å². The molecule has 0 radical (unpaired) electrons. The van der Waals surface area contributed by atoms with Gasteiger partial charge in [-0.1, -0.05) is 6.07 Å². The zero-order chi connectivity index (χ0) is 11.7. The molecule has 2 aromatic rings. The van der Waals surface area contributed by atoms with Crippen molar-refractivity contribution in [3.05, 3.63) is 33.6 Å². The first-order chi connectivity index (χ1) is 8.34. The monoisotopic (exact) mass is 248 g/mol. The summed E-state index contributed by atoms with van der Waals surface area (Å²) in [5, 5.41) is 15.1. The van der Waals surface area contributed by atoms with Crippen LogP contribution < -0.4 is 10.6 Å². The van der Waals surface area contributed by atoms with Crippen LogP contribution in [0, 0.1) is 0 Å². The van der Waals surface area contributed by atoms with Crippen molar-refractivity contribution in [1.29, 1.82) is 0 Å². The van der Waals surface area contributed by atoms with Gasteiger partial charge < -0.3 is 10.6 Å². The Hall–Kier alpha value is -1.66. The molecule has 1 aliphatic heterocycles. The Morgan fingerprint density at radius 3 is 3.29 bits per heavy atom. The van der Waals surface area contributed by atoms with Gasteiger partial charge in [0.15, 0.2) is 5.82 Å². The topological polar surface area (TPSA) is 69.8 Å².